The highest BCUT2D eigenvalue weighted by Gasteiger charge is 2.52. The summed E-state index contributed by atoms with van der Waals surface area (Å²) in [5.74, 6) is -5.44. The third kappa shape index (κ3) is 6.99. The van der Waals surface area contributed by atoms with E-state index >= 15 is 0 Å². The molecule has 5 atom stereocenters. The maximum Gasteiger partial charge on any atom is 0.433 e. The molecule has 0 aliphatic carbocycles. The third-order valence-electron chi connectivity index (χ3n) is 4.28. The van der Waals surface area contributed by atoms with E-state index in [1.165, 1.54) is 0 Å². The maximum atomic E-state index is 12.7. The minimum Gasteiger partial charge on any atom is -0.463 e. The van der Waals surface area contributed by atoms with Crippen molar-refractivity contribution >= 4 is 35.7 Å². The number of esters is 4. The molecular weight excluding hydrogens is 464 g/mol. The van der Waals surface area contributed by atoms with Crippen molar-refractivity contribution in [3.63, 3.8) is 0 Å². The summed E-state index contributed by atoms with van der Waals surface area (Å²) >= 11 is 0. The quantitative estimate of drug-likeness (QED) is 0.223. The van der Waals surface area contributed by atoms with Gasteiger partial charge < -0.3 is 33.4 Å². The summed E-state index contributed by atoms with van der Waals surface area (Å²) in [4.78, 5) is 69.2. The molecule has 0 aromatic carbocycles. The van der Waals surface area contributed by atoms with E-state index in [0.29, 0.717) is 0 Å². The Bertz CT molecular complexity index is 971. The predicted molar refractivity (Wildman–Crippen MR) is 105 cm³/mol. The minimum atomic E-state index is -1.61. The summed E-state index contributed by atoms with van der Waals surface area (Å²) in [7, 11) is 0. The van der Waals surface area contributed by atoms with Gasteiger partial charge in [-0.1, -0.05) is 0 Å². The number of hydrogen-bond acceptors (Lipinski definition) is 13. The smallest absolute Gasteiger partial charge is 0.433 e. The summed E-state index contributed by atoms with van der Waals surface area (Å²) in [5.41, 5.74) is 0. The molecule has 0 radical (unpaired) electrons. The molecule has 186 valence electrons. The van der Waals surface area contributed by atoms with Gasteiger partial charge in [0.2, 0.25) is 6.29 Å². The van der Waals surface area contributed by atoms with E-state index in [1.54, 1.807) is 0 Å². The molecular formula is C19H22N2O13. The van der Waals surface area contributed by atoms with Gasteiger partial charge in [-0.2, -0.15) is 0 Å². The van der Waals surface area contributed by atoms with Gasteiger partial charge >= 0.3 is 29.8 Å². The van der Waals surface area contributed by atoms with Crippen molar-refractivity contribution in [1.29, 1.82) is 0 Å². The monoisotopic (exact) mass is 486 g/mol. The van der Waals surface area contributed by atoms with Crippen LogP contribution < -0.4 is 5.32 Å². The Hall–Kier alpha value is -4.01. The lowest BCUT2D eigenvalue weighted by atomic mass is 9.96. The van der Waals surface area contributed by atoms with E-state index in [0.717, 1.165) is 39.8 Å². The molecule has 2 heterocycles. The summed E-state index contributed by atoms with van der Waals surface area (Å²) < 4.78 is 31.0. The highest BCUT2D eigenvalue weighted by atomic mass is 16.7. The Morgan fingerprint density at radius 1 is 0.941 bits per heavy atom. The Morgan fingerprint density at radius 3 is 2.03 bits per heavy atom. The fourth-order valence-electron chi connectivity index (χ4n) is 3.09. The Labute approximate surface area is 191 Å². The normalized spacial score (nSPS) is 23.8. The first-order valence-corrected chi connectivity index (χ1v) is 9.74. The van der Waals surface area contributed by atoms with Gasteiger partial charge in [0.15, 0.2) is 18.0 Å². The van der Waals surface area contributed by atoms with Crippen molar-refractivity contribution in [3.8, 4) is 0 Å². The number of hydrogen-bond donors (Lipinski definition) is 1. The molecule has 1 saturated heterocycles. The number of nitrogens with one attached hydrogen (secondary N) is 1. The lowest BCUT2D eigenvalue weighted by Crippen LogP contribution is -2.67. The average Bonchev–Trinajstić information content (AvgIpc) is 3.20. The number of carbonyl (C=O) groups is 5. The maximum absolute atomic E-state index is 12.7. The highest BCUT2D eigenvalue weighted by Crippen LogP contribution is 2.28. The molecule has 1 aliphatic rings. The van der Waals surface area contributed by atoms with Crippen molar-refractivity contribution in [2.24, 2.45) is 0 Å². The average molecular weight is 486 g/mol. The van der Waals surface area contributed by atoms with Gasteiger partial charge in [0.25, 0.3) is 5.91 Å². The topological polar surface area (TPSA) is 200 Å². The first-order chi connectivity index (χ1) is 15.9. The Morgan fingerprint density at radius 2 is 1.53 bits per heavy atom. The highest BCUT2D eigenvalue weighted by molar-refractivity contribution is 5.92. The molecule has 1 N–H and O–H groups in total. The molecule has 0 saturated carbocycles. The van der Waals surface area contributed by atoms with Crippen LogP contribution in [0.15, 0.2) is 16.5 Å². The number of nitrogens with zero attached hydrogens (tertiary/aromatic N) is 1. The van der Waals surface area contributed by atoms with Crippen LogP contribution in [0.1, 0.15) is 38.2 Å². The fourth-order valence-corrected chi connectivity index (χ4v) is 3.09. The number of nitro groups is 1. The first-order valence-electron chi connectivity index (χ1n) is 9.74. The van der Waals surface area contributed by atoms with E-state index in [-0.39, 0.29) is 0 Å². The molecule has 2 rings (SSSR count). The van der Waals surface area contributed by atoms with Crippen molar-refractivity contribution in [1.82, 2.24) is 5.32 Å². The van der Waals surface area contributed by atoms with E-state index < -0.39 is 83.6 Å². The molecule has 1 aromatic rings. The predicted octanol–water partition coefficient (Wildman–Crippen LogP) is 0.000700. The molecule has 1 fully saturated rings. The Kier molecular flexibility index (Phi) is 8.66. The third-order valence-corrected chi connectivity index (χ3v) is 4.28. The summed E-state index contributed by atoms with van der Waals surface area (Å²) in [5, 5.41) is 13.2. The molecule has 5 unspecified atom stereocenters. The summed E-state index contributed by atoms with van der Waals surface area (Å²) in [6.45, 7) is 3.77. The number of ether oxygens (including phenoxy) is 5. The molecule has 1 aliphatic heterocycles. The van der Waals surface area contributed by atoms with Gasteiger partial charge in [-0.05, 0) is 6.07 Å². The number of furan rings is 1. The van der Waals surface area contributed by atoms with E-state index in [2.05, 4.69) is 5.32 Å². The van der Waals surface area contributed by atoms with Crippen LogP contribution in [-0.2, 0) is 42.9 Å². The molecule has 1 amide bonds. The molecule has 1 aromatic heterocycles. The largest absolute Gasteiger partial charge is 0.463 e. The summed E-state index contributed by atoms with van der Waals surface area (Å²) in [6, 6.07) is 0.490. The zero-order chi connectivity index (χ0) is 25.6. The van der Waals surface area contributed by atoms with Crippen LogP contribution in [0.25, 0.3) is 0 Å². The summed E-state index contributed by atoms with van der Waals surface area (Å²) in [6.07, 6.45) is -5.78. The second-order valence-corrected chi connectivity index (χ2v) is 7.00. The molecule has 15 nitrogen and oxygen atoms in total. The van der Waals surface area contributed by atoms with Gasteiger partial charge in [0.1, 0.15) is 23.7 Å². The van der Waals surface area contributed by atoms with E-state index in [9.17, 15) is 34.1 Å². The lowest BCUT2D eigenvalue weighted by Gasteiger charge is -2.44. The van der Waals surface area contributed by atoms with Gasteiger partial charge in [0.05, 0.1) is 6.07 Å². The van der Waals surface area contributed by atoms with Crippen LogP contribution in [0.4, 0.5) is 5.88 Å². The lowest BCUT2D eigenvalue weighted by molar-refractivity contribution is -0.402. The van der Waals surface area contributed by atoms with Crippen LogP contribution in [-0.4, -0.2) is 72.0 Å². The zero-order valence-electron chi connectivity index (χ0n) is 18.5. The van der Waals surface area contributed by atoms with E-state index in [4.69, 9.17) is 28.1 Å². The number of carbonyl (C=O) groups excluding carboxylic acids is 5. The van der Waals surface area contributed by atoms with Crippen LogP contribution in [0.5, 0.6) is 0 Å². The van der Waals surface area contributed by atoms with Crippen LogP contribution in [0, 0.1) is 10.1 Å². The van der Waals surface area contributed by atoms with Crippen LogP contribution >= 0.6 is 0 Å². The number of rotatable bonds is 8. The van der Waals surface area contributed by atoms with Crippen LogP contribution in [0.2, 0.25) is 0 Å². The second kappa shape index (κ2) is 11.2. The van der Waals surface area contributed by atoms with Gasteiger partial charge in [0, 0.05) is 27.7 Å². The van der Waals surface area contributed by atoms with E-state index in [1.807, 2.05) is 0 Å². The van der Waals surface area contributed by atoms with Gasteiger partial charge in [-0.3, -0.25) is 34.1 Å². The molecule has 0 bridgehead atoms. The van der Waals surface area contributed by atoms with Gasteiger partial charge in [-0.25, -0.2) is 0 Å². The molecule has 34 heavy (non-hydrogen) atoms. The fraction of sp³-hybridized carbons (Fsp3) is 0.526. The Balaban J connectivity index is 2.44. The molecule has 0 spiro atoms. The molecule has 15 heteroatoms. The van der Waals surface area contributed by atoms with Gasteiger partial charge in [-0.15, -0.1) is 0 Å². The number of amides is 1. The van der Waals surface area contributed by atoms with Crippen LogP contribution in [0.3, 0.4) is 0 Å². The standard InChI is InChI=1S/C19H22N2O13/c1-8(22)29-7-13-16(30-9(2)23)17(31-10(3)24)15(19(34-13)32-11(4)25)20-18(26)12-5-6-14(33-12)21(27)28/h5-6,13,15-17,19H,7H2,1-4H3,(H,20,26). The van der Waals surface area contributed by atoms with Crippen molar-refractivity contribution in [2.45, 2.75) is 58.3 Å². The van der Waals surface area contributed by atoms with Crippen molar-refractivity contribution < 1.29 is 57.0 Å². The minimum absolute atomic E-state index is 0.478. The van der Waals surface area contributed by atoms with Crippen molar-refractivity contribution in [2.75, 3.05) is 6.61 Å². The van der Waals surface area contributed by atoms with Crippen molar-refractivity contribution in [3.05, 3.63) is 28.0 Å². The zero-order valence-corrected chi connectivity index (χ0v) is 18.5. The SMILES string of the molecule is CC(=O)OCC1OC(OC(C)=O)C(NC(=O)c2ccc([N+](=O)[O-])o2)C(OC(C)=O)C1OC(C)=O. The second-order valence-electron chi connectivity index (χ2n) is 7.00. The first kappa shape index (κ1) is 26.2.